The van der Waals surface area contributed by atoms with Crippen LogP contribution in [0.1, 0.15) is 15.2 Å². The zero-order valence-corrected chi connectivity index (χ0v) is 12.3. The third-order valence-electron chi connectivity index (χ3n) is 2.69. The Bertz CT molecular complexity index is 734. The van der Waals surface area contributed by atoms with Crippen molar-refractivity contribution in [1.82, 2.24) is 0 Å². The van der Waals surface area contributed by atoms with Gasteiger partial charge in [-0.1, -0.05) is 12.1 Å². The summed E-state index contributed by atoms with van der Waals surface area (Å²) in [6.07, 6.45) is 0.0975. The Hall–Kier alpha value is -1.70. The van der Waals surface area contributed by atoms with Crippen molar-refractivity contribution in [2.45, 2.75) is 11.3 Å². The van der Waals surface area contributed by atoms with Crippen LogP contribution in [0, 0.1) is 0 Å². The van der Waals surface area contributed by atoms with Crippen molar-refractivity contribution in [3.05, 3.63) is 46.2 Å². The molecule has 0 saturated carbocycles. The topological polar surface area (TPSA) is 86.5 Å². The van der Waals surface area contributed by atoms with Gasteiger partial charge in [-0.25, -0.2) is 13.6 Å². The van der Waals surface area contributed by atoms with Crippen molar-refractivity contribution in [2.24, 2.45) is 5.14 Å². The van der Waals surface area contributed by atoms with E-state index in [-0.39, 0.29) is 22.0 Å². The molecule has 2 N–H and O–H groups in total. The van der Waals surface area contributed by atoms with Crippen LogP contribution in [0.3, 0.4) is 0 Å². The summed E-state index contributed by atoms with van der Waals surface area (Å²) in [6.45, 7) is 0. The van der Waals surface area contributed by atoms with Crippen molar-refractivity contribution in [3.8, 4) is 5.75 Å². The average molecular weight is 311 g/mol. The van der Waals surface area contributed by atoms with Gasteiger partial charge < -0.3 is 4.74 Å². The SMILES string of the molecule is COc1cccc(CC(=O)c2sccc2S(N)(=O)=O)c1. The molecule has 0 aliphatic heterocycles. The molecule has 1 heterocycles. The number of primary sulfonamides is 1. The summed E-state index contributed by atoms with van der Waals surface area (Å²) in [5, 5.41) is 6.63. The minimum Gasteiger partial charge on any atom is -0.497 e. The molecule has 7 heteroatoms. The van der Waals surface area contributed by atoms with E-state index in [4.69, 9.17) is 9.88 Å². The number of carbonyl (C=O) groups is 1. The molecular weight excluding hydrogens is 298 g/mol. The van der Waals surface area contributed by atoms with Gasteiger partial charge in [-0.15, -0.1) is 11.3 Å². The lowest BCUT2D eigenvalue weighted by molar-refractivity contribution is 0.0994. The second-order valence-corrected chi connectivity index (χ2v) is 6.56. The third-order valence-corrected chi connectivity index (χ3v) is 4.73. The highest BCUT2D eigenvalue weighted by Gasteiger charge is 2.21. The van der Waals surface area contributed by atoms with Gasteiger partial charge in [0.15, 0.2) is 5.78 Å². The first-order chi connectivity index (χ1) is 9.41. The number of rotatable bonds is 5. The molecule has 2 aromatic rings. The van der Waals surface area contributed by atoms with E-state index in [1.54, 1.807) is 36.8 Å². The van der Waals surface area contributed by atoms with Crippen molar-refractivity contribution < 1.29 is 17.9 Å². The highest BCUT2D eigenvalue weighted by atomic mass is 32.2. The third kappa shape index (κ3) is 3.24. The fraction of sp³-hybridized carbons (Fsp3) is 0.154. The lowest BCUT2D eigenvalue weighted by Crippen LogP contribution is -2.15. The molecule has 1 aromatic heterocycles. The van der Waals surface area contributed by atoms with Crippen LogP contribution >= 0.6 is 11.3 Å². The molecule has 0 aliphatic rings. The molecular formula is C13H13NO4S2. The smallest absolute Gasteiger partial charge is 0.239 e. The summed E-state index contributed by atoms with van der Waals surface area (Å²) in [7, 11) is -2.33. The Morgan fingerprint density at radius 3 is 2.75 bits per heavy atom. The van der Waals surface area contributed by atoms with Crippen LogP contribution in [0.5, 0.6) is 5.75 Å². The normalized spacial score (nSPS) is 11.3. The zero-order valence-electron chi connectivity index (χ0n) is 10.7. The Balaban J connectivity index is 2.27. The molecule has 0 atom stereocenters. The molecule has 2 rings (SSSR count). The van der Waals surface area contributed by atoms with Crippen LogP contribution in [-0.4, -0.2) is 21.3 Å². The van der Waals surface area contributed by atoms with E-state index in [1.807, 2.05) is 0 Å². The monoisotopic (exact) mass is 311 g/mol. The highest BCUT2D eigenvalue weighted by Crippen LogP contribution is 2.23. The van der Waals surface area contributed by atoms with Gasteiger partial charge in [0.2, 0.25) is 10.0 Å². The van der Waals surface area contributed by atoms with Gasteiger partial charge in [-0.2, -0.15) is 0 Å². The lowest BCUT2D eigenvalue weighted by atomic mass is 10.1. The number of nitrogens with two attached hydrogens (primary N) is 1. The van der Waals surface area contributed by atoms with Crippen molar-refractivity contribution in [1.29, 1.82) is 0 Å². The van der Waals surface area contributed by atoms with E-state index < -0.39 is 10.0 Å². The standard InChI is InChI=1S/C13H13NO4S2/c1-18-10-4-2-3-9(7-10)8-11(15)13-12(5-6-19-13)20(14,16)17/h2-7H,8H2,1H3,(H2,14,16,17). The van der Waals surface area contributed by atoms with Crippen LogP contribution < -0.4 is 9.88 Å². The van der Waals surface area contributed by atoms with E-state index in [0.29, 0.717) is 5.75 Å². The number of hydrogen-bond donors (Lipinski definition) is 1. The van der Waals surface area contributed by atoms with Crippen LogP contribution in [0.2, 0.25) is 0 Å². The van der Waals surface area contributed by atoms with Gasteiger partial charge in [0, 0.05) is 6.42 Å². The number of benzene rings is 1. The Kier molecular flexibility index (Phi) is 4.22. The molecule has 5 nitrogen and oxygen atoms in total. The maximum Gasteiger partial charge on any atom is 0.239 e. The Morgan fingerprint density at radius 2 is 2.10 bits per heavy atom. The first-order valence-electron chi connectivity index (χ1n) is 5.68. The van der Waals surface area contributed by atoms with Crippen LogP contribution in [0.25, 0.3) is 0 Å². The van der Waals surface area contributed by atoms with Gasteiger partial charge in [0.1, 0.15) is 10.6 Å². The zero-order chi connectivity index (χ0) is 14.8. The first-order valence-corrected chi connectivity index (χ1v) is 8.11. The quantitative estimate of drug-likeness (QED) is 0.853. The molecule has 20 heavy (non-hydrogen) atoms. The molecule has 0 saturated heterocycles. The molecule has 106 valence electrons. The van der Waals surface area contributed by atoms with Crippen LogP contribution in [-0.2, 0) is 16.4 Å². The highest BCUT2D eigenvalue weighted by molar-refractivity contribution is 7.89. The fourth-order valence-corrected chi connectivity index (χ4v) is 3.71. The molecule has 0 bridgehead atoms. The second-order valence-electron chi connectivity index (χ2n) is 4.11. The van der Waals surface area contributed by atoms with Gasteiger partial charge in [0.05, 0.1) is 12.0 Å². The summed E-state index contributed by atoms with van der Waals surface area (Å²) < 4.78 is 27.8. The molecule has 0 spiro atoms. The van der Waals surface area contributed by atoms with E-state index in [0.717, 1.165) is 16.9 Å². The number of ketones is 1. The lowest BCUT2D eigenvalue weighted by Gasteiger charge is -2.04. The van der Waals surface area contributed by atoms with Gasteiger partial charge in [-0.3, -0.25) is 4.79 Å². The number of Topliss-reactive ketones (excluding diaryl/α,β-unsaturated/α-hetero) is 1. The predicted molar refractivity (Wildman–Crippen MR) is 76.7 cm³/mol. The minimum atomic E-state index is -3.88. The largest absolute Gasteiger partial charge is 0.497 e. The fourth-order valence-electron chi connectivity index (χ4n) is 1.77. The number of hydrogen-bond acceptors (Lipinski definition) is 5. The molecule has 0 fully saturated rings. The van der Waals surface area contributed by atoms with Gasteiger partial charge in [0.25, 0.3) is 0 Å². The van der Waals surface area contributed by atoms with Crippen LogP contribution in [0.4, 0.5) is 0 Å². The number of methoxy groups -OCH3 is 1. The summed E-state index contributed by atoms with van der Waals surface area (Å²) in [5.74, 6) is 0.366. The first kappa shape index (κ1) is 14.7. The molecule has 0 aliphatic carbocycles. The number of ether oxygens (including phenoxy) is 1. The number of sulfonamides is 1. The maximum atomic E-state index is 12.2. The predicted octanol–water partition coefficient (Wildman–Crippen LogP) is 1.83. The van der Waals surface area contributed by atoms with E-state index in [2.05, 4.69) is 0 Å². The number of thiophene rings is 1. The van der Waals surface area contributed by atoms with Gasteiger partial charge in [-0.05, 0) is 29.1 Å². The Morgan fingerprint density at radius 1 is 1.35 bits per heavy atom. The van der Waals surface area contributed by atoms with E-state index >= 15 is 0 Å². The average Bonchev–Trinajstić information content (AvgIpc) is 2.88. The molecule has 0 unspecified atom stereocenters. The van der Waals surface area contributed by atoms with E-state index in [1.165, 1.54) is 6.07 Å². The second kappa shape index (κ2) is 5.74. The van der Waals surface area contributed by atoms with Crippen LogP contribution in [0.15, 0.2) is 40.6 Å². The van der Waals surface area contributed by atoms with Crippen molar-refractivity contribution in [2.75, 3.05) is 7.11 Å². The summed E-state index contributed by atoms with van der Waals surface area (Å²) >= 11 is 1.07. The van der Waals surface area contributed by atoms with Crippen molar-refractivity contribution in [3.63, 3.8) is 0 Å². The molecule has 1 aromatic carbocycles. The van der Waals surface area contributed by atoms with E-state index in [9.17, 15) is 13.2 Å². The molecule has 0 radical (unpaired) electrons. The number of carbonyl (C=O) groups excluding carboxylic acids is 1. The summed E-state index contributed by atoms with van der Waals surface area (Å²) in [6, 6.07) is 8.41. The maximum absolute atomic E-state index is 12.2. The minimum absolute atomic E-state index is 0.0975. The summed E-state index contributed by atoms with van der Waals surface area (Å²) in [5.41, 5.74) is 0.753. The Labute approximate surface area is 121 Å². The molecule has 0 amide bonds. The summed E-state index contributed by atoms with van der Waals surface area (Å²) in [4.78, 5) is 12.2. The van der Waals surface area contributed by atoms with Gasteiger partial charge >= 0.3 is 0 Å². The van der Waals surface area contributed by atoms with Crippen molar-refractivity contribution >= 4 is 27.1 Å².